The summed E-state index contributed by atoms with van der Waals surface area (Å²) >= 11 is 1.82. The average Bonchev–Trinajstić information content (AvgIpc) is 2.96. The summed E-state index contributed by atoms with van der Waals surface area (Å²) in [4.78, 5) is 3.76. The van der Waals surface area contributed by atoms with E-state index < -0.39 is 6.10 Å². The van der Waals surface area contributed by atoms with Crippen LogP contribution in [0.1, 0.15) is 47.6 Å². The highest BCUT2D eigenvalue weighted by atomic mass is 32.1. The van der Waals surface area contributed by atoms with Gasteiger partial charge in [-0.25, -0.2) is 0 Å². The second-order valence-corrected chi connectivity index (χ2v) is 6.48. The van der Waals surface area contributed by atoms with Crippen molar-refractivity contribution in [1.82, 2.24) is 0 Å². The Balaban J connectivity index is 2.06. The van der Waals surface area contributed by atoms with E-state index in [2.05, 4.69) is 29.3 Å². The van der Waals surface area contributed by atoms with Gasteiger partial charge in [-0.15, -0.1) is 11.3 Å². The van der Waals surface area contributed by atoms with Crippen LogP contribution in [0.15, 0.2) is 29.6 Å². The number of nitriles is 1. The van der Waals surface area contributed by atoms with Crippen LogP contribution in [0.3, 0.4) is 0 Å². The summed E-state index contributed by atoms with van der Waals surface area (Å²) in [5, 5.41) is 21.3. The Bertz CT molecular complexity index is 699. The van der Waals surface area contributed by atoms with E-state index in [1.54, 1.807) is 13.0 Å². The molecule has 0 aliphatic carbocycles. The number of rotatable bonds is 2. The summed E-state index contributed by atoms with van der Waals surface area (Å²) in [7, 11) is 0. The van der Waals surface area contributed by atoms with Crippen molar-refractivity contribution in [2.24, 2.45) is 0 Å². The second kappa shape index (κ2) is 5.51. The molecule has 0 saturated heterocycles. The lowest BCUT2D eigenvalue weighted by atomic mass is 9.97. The highest BCUT2D eigenvalue weighted by molar-refractivity contribution is 7.10. The minimum Gasteiger partial charge on any atom is -0.389 e. The molecule has 3 rings (SSSR count). The maximum atomic E-state index is 10.0. The highest BCUT2D eigenvalue weighted by Gasteiger charge is 2.27. The predicted octanol–water partition coefficient (Wildman–Crippen LogP) is 3.80. The van der Waals surface area contributed by atoms with Crippen LogP contribution in [0.25, 0.3) is 0 Å². The summed E-state index contributed by atoms with van der Waals surface area (Å²) in [5.74, 6) is 0. The van der Waals surface area contributed by atoms with Gasteiger partial charge in [0.05, 0.1) is 23.8 Å². The predicted molar refractivity (Wildman–Crippen MR) is 85.6 cm³/mol. The summed E-state index contributed by atoms with van der Waals surface area (Å²) < 4.78 is 0. The van der Waals surface area contributed by atoms with Gasteiger partial charge in [-0.3, -0.25) is 0 Å². The Labute approximate surface area is 129 Å². The Morgan fingerprint density at radius 3 is 2.95 bits per heavy atom. The first-order valence-corrected chi connectivity index (χ1v) is 8.04. The first-order valence-electron chi connectivity index (χ1n) is 7.17. The average molecular weight is 298 g/mol. The lowest BCUT2D eigenvalue weighted by Gasteiger charge is -2.37. The number of thiophene rings is 1. The number of aliphatic hydroxyl groups excluding tert-OH is 1. The fourth-order valence-electron chi connectivity index (χ4n) is 3.05. The monoisotopic (exact) mass is 298 g/mol. The molecular formula is C17H18N2OS. The van der Waals surface area contributed by atoms with Crippen molar-refractivity contribution >= 4 is 17.0 Å². The van der Waals surface area contributed by atoms with Crippen molar-refractivity contribution in [1.29, 1.82) is 5.26 Å². The number of benzene rings is 1. The van der Waals surface area contributed by atoms with Gasteiger partial charge in [-0.2, -0.15) is 5.26 Å². The van der Waals surface area contributed by atoms with E-state index in [1.165, 1.54) is 10.4 Å². The molecule has 2 heterocycles. The molecule has 108 valence electrons. The van der Waals surface area contributed by atoms with Crippen LogP contribution in [0.2, 0.25) is 0 Å². The van der Waals surface area contributed by atoms with E-state index in [4.69, 9.17) is 5.26 Å². The molecule has 0 bridgehead atoms. The minimum atomic E-state index is -0.538. The quantitative estimate of drug-likeness (QED) is 0.917. The van der Waals surface area contributed by atoms with Crippen LogP contribution in [0.4, 0.5) is 5.69 Å². The van der Waals surface area contributed by atoms with Gasteiger partial charge in [-0.1, -0.05) is 6.07 Å². The number of anilines is 1. The first-order chi connectivity index (χ1) is 10.1. The molecule has 2 aromatic rings. The lowest BCUT2D eigenvalue weighted by molar-refractivity contribution is 0.199. The fourth-order valence-corrected chi connectivity index (χ4v) is 4.02. The topological polar surface area (TPSA) is 47.3 Å². The van der Waals surface area contributed by atoms with Gasteiger partial charge in [0.25, 0.3) is 0 Å². The fraction of sp³-hybridized carbons (Fsp3) is 0.353. The SMILES string of the molecule is CC(O)c1ccc(C#N)cc1N1CCc2sccc2C1C. The molecule has 0 fully saturated rings. The number of nitrogens with zero attached hydrogens (tertiary/aromatic N) is 2. The van der Waals surface area contributed by atoms with Crippen LogP contribution in [-0.2, 0) is 6.42 Å². The number of hydrogen-bond acceptors (Lipinski definition) is 4. The summed E-state index contributed by atoms with van der Waals surface area (Å²) in [5.41, 5.74) is 3.87. The van der Waals surface area contributed by atoms with E-state index in [1.807, 2.05) is 23.5 Å². The molecule has 1 aliphatic rings. The number of fused-ring (bicyclic) bond motifs is 1. The van der Waals surface area contributed by atoms with Gasteiger partial charge in [-0.05, 0) is 49.4 Å². The molecule has 0 saturated carbocycles. The van der Waals surface area contributed by atoms with Gasteiger partial charge < -0.3 is 10.0 Å². The van der Waals surface area contributed by atoms with E-state index in [-0.39, 0.29) is 6.04 Å². The molecule has 21 heavy (non-hydrogen) atoms. The summed E-state index contributed by atoms with van der Waals surface area (Å²) in [6.45, 7) is 4.88. The van der Waals surface area contributed by atoms with Crippen molar-refractivity contribution < 1.29 is 5.11 Å². The van der Waals surface area contributed by atoms with E-state index in [9.17, 15) is 5.11 Å². The molecular weight excluding hydrogens is 280 g/mol. The number of aliphatic hydroxyl groups is 1. The van der Waals surface area contributed by atoms with Crippen molar-refractivity contribution in [3.05, 3.63) is 51.2 Å². The second-order valence-electron chi connectivity index (χ2n) is 5.48. The standard InChI is InChI=1S/C17H18N2OS/c1-11-14-6-8-21-17(14)5-7-19(11)16-9-13(10-18)3-4-15(16)12(2)20/h3-4,6,8-9,11-12,20H,5,7H2,1-2H3. The van der Waals surface area contributed by atoms with Gasteiger partial charge in [0.15, 0.2) is 0 Å². The molecule has 2 atom stereocenters. The normalized spacial score (nSPS) is 19.0. The molecule has 2 unspecified atom stereocenters. The molecule has 4 heteroatoms. The van der Waals surface area contributed by atoms with Crippen molar-refractivity contribution in [2.45, 2.75) is 32.4 Å². The van der Waals surface area contributed by atoms with Crippen LogP contribution in [0, 0.1) is 11.3 Å². The van der Waals surface area contributed by atoms with Gasteiger partial charge in [0.2, 0.25) is 0 Å². The molecule has 1 aromatic carbocycles. The molecule has 1 N–H and O–H groups in total. The molecule has 1 aliphatic heterocycles. The largest absolute Gasteiger partial charge is 0.389 e. The zero-order valence-corrected chi connectivity index (χ0v) is 13.0. The Kier molecular flexibility index (Phi) is 3.71. The summed E-state index contributed by atoms with van der Waals surface area (Å²) in [6, 6.07) is 10.2. The summed E-state index contributed by atoms with van der Waals surface area (Å²) in [6.07, 6.45) is 0.483. The van der Waals surface area contributed by atoms with Crippen molar-refractivity contribution in [3.8, 4) is 6.07 Å². The third-order valence-corrected chi connectivity index (χ3v) is 5.19. The van der Waals surface area contributed by atoms with Gasteiger partial charge >= 0.3 is 0 Å². The molecule has 0 spiro atoms. The van der Waals surface area contributed by atoms with Crippen LogP contribution < -0.4 is 4.90 Å². The molecule has 0 radical (unpaired) electrons. The maximum absolute atomic E-state index is 10.0. The van der Waals surface area contributed by atoms with E-state index in [0.717, 1.165) is 24.2 Å². The Morgan fingerprint density at radius 2 is 2.24 bits per heavy atom. The lowest BCUT2D eigenvalue weighted by Crippen LogP contribution is -2.34. The van der Waals surface area contributed by atoms with Gasteiger partial charge in [0, 0.05) is 22.7 Å². The molecule has 0 amide bonds. The molecule has 3 nitrogen and oxygen atoms in total. The van der Waals surface area contributed by atoms with E-state index in [0.29, 0.717) is 5.56 Å². The zero-order valence-electron chi connectivity index (χ0n) is 12.2. The Morgan fingerprint density at radius 1 is 1.43 bits per heavy atom. The van der Waals surface area contributed by atoms with Crippen LogP contribution >= 0.6 is 11.3 Å². The van der Waals surface area contributed by atoms with Crippen molar-refractivity contribution in [3.63, 3.8) is 0 Å². The van der Waals surface area contributed by atoms with Crippen molar-refractivity contribution in [2.75, 3.05) is 11.4 Å². The first kappa shape index (κ1) is 14.1. The Hall–Kier alpha value is -1.83. The third kappa shape index (κ3) is 2.44. The van der Waals surface area contributed by atoms with E-state index >= 15 is 0 Å². The zero-order chi connectivity index (χ0) is 15.0. The smallest absolute Gasteiger partial charge is 0.0992 e. The molecule has 1 aromatic heterocycles. The number of hydrogen-bond donors (Lipinski definition) is 1. The van der Waals surface area contributed by atoms with Crippen LogP contribution in [0.5, 0.6) is 0 Å². The highest BCUT2D eigenvalue weighted by Crippen LogP contribution is 2.39. The van der Waals surface area contributed by atoms with Gasteiger partial charge in [0.1, 0.15) is 0 Å². The maximum Gasteiger partial charge on any atom is 0.0992 e. The third-order valence-electron chi connectivity index (χ3n) is 4.20. The van der Waals surface area contributed by atoms with Crippen LogP contribution in [-0.4, -0.2) is 11.7 Å². The minimum absolute atomic E-state index is 0.270.